The Morgan fingerprint density at radius 2 is 1.82 bits per heavy atom. The van der Waals surface area contributed by atoms with Gasteiger partial charge in [0.2, 0.25) is 0 Å². The van der Waals surface area contributed by atoms with Crippen LogP contribution >= 0.6 is 11.3 Å². The average molecular weight is 314 g/mol. The highest BCUT2D eigenvalue weighted by Gasteiger charge is 2.14. The fourth-order valence-corrected chi connectivity index (χ4v) is 2.50. The van der Waals surface area contributed by atoms with Gasteiger partial charge in [-0.25, -0.2) is 4.98 Å². The van der Waals surface area contributed by atoms with Crippen LogP contribution in [0.5, 0.6) is 0 Å². The topological polar surface area (TPSA) is 92.6 Å². The number of nitrogens with zero attached hydrogens (tertiary/aromatic N) is 2. The zero-order valence-electron chi connectivity index (χ0n) is 11.1. The van der Waals surface area contributed by atoms with Crippen LogP contribution < -0.4 is 16.4 Å². The van der Waals surface area contributed by atoms with E-state index in [2.05, 4.69) is 15.8 Å². The maximum Gasteiger partial charge on any atom is 0.276 e. The molecule has 7 nitrogen and oxygen atoms in total. The van der Waals surface area contributed by atoms with Crippen LogP contribution in [-0.4, -0.2) is 21.2 Å². The predicted molar refractivity (Wildman–Crippen MR) is 80.7 cm³/mol. The number of amides is 2. The molecule has 0 unspecified atom stereocenters. The molecule has 0 aliphatic heterocycles. The van der Waals surface area contributed by atoms with Gasteiger partial charge in [-0.2, -0.15) is 0 Å². The quantitative estimate of drug-likeness (QED) is 0.685. The van der Waals surface area contributed by atoms with E-state index in [0.29, 0.717) is 10.5 Å². The first-order chi connectivity index (χ1) is 10.7. The number of hydrogen-bond donors (Lipinski definition) is 2. The molecule has 3 aromatic rings. The second-order valence-electron chi connectivity index (χ2n) is 4.31. The lowest BCUT2D eigenvalue weighted by molar-refractivity contribution is 0.0845. The van der Waals surface area contributed by atoms with E-state index in [4.69, 9.17) is 0 Å². The van der Waals surface area contributed by atoms with Crippen LogP contribution in [0.1, 0.15) is 20.7 Å². The highest BCUT2D eigenvalue weighted by atomic mass is 32.1. The van der Waals surface area contributed by atoms with Gasteiger partial charge in [-0.15, -0.1) is 11.3 Å². The normalized spacial score (nSPS) is 10.4. The monoisotopic (exact) mass is 314 g/mol. The number of benzene rings is 1. The second-order valence-corrected chi connectivity index (χ2v) is 5.18. The zero-order valence-corrected chi connectivity index (χ0v) is 12.0. The van der Waals surface area contributed by atoms with Crippen LogP contribution in [0.15, 0.2) is 52.9 Å². The summed E-state index contributed by atoms with van der Waals surface area (Å²) in [6, 6.07) is 8.40. The smallest absolute Gasteiger partial charge is 0.268 e. The van der Waals surface area contributed by atoms with Crippen molar-refractivity contribution in [2.75, 3.05) is 0 Å². The largest absolute Gasteiger partial charge is 0.276 e. The van der Waals surface area contributed by atoms with Gasteiger partial charge >= 0.3 is 0 Å². The maximum atomic E-state index is 12.1. The van der Waals surface area contributed by atoms with Crippen LogP contribution in [0.25, 0.3) is 4.96 Å². The molecule has 2 amide bonds. The van der Waals surface area contributed by atoms with Gasteiger partial charge in [0.25, 0.3) is 17.4 Å². The van der Waals surface area contributed by atoms with Gasteiger partial charge in [0.15, 0.2) is 4.96 Å². The summed E-state index contributed by atoms with van der Waals surface area (Å²) in [6.07, 6.45) is 2.73. The molecule has 2 aromatic heterocycles. The number of aromatic nitrogens is 2. The fourth-order valence-electron chi connectivity index (χ4n) is 1.82. The van der Waals surface area contributed by atoms with Gasteiger partial charge in [0.05, 0.1) is 0 Å². The zero-order chi connectivity index (χ0) is 15.5. The van der Waals surface area contributed by atoms with Crippen molar-refractivity contribution in [3.8, 4) is 0 Å². The Hall–Kier alpha value is -3.00. The molecular formula is C14H10N4O3S. The molecule has 0 saturated carbocycles. The number of thiazole rings is 1. The van der Waals surface area contributed by atoms with Crippen molar-refractivity contribution >= 4 is 28.1 Å². The first-order valence-corrected chi connectivity index (χ1v) is 7.15. The van der Waals surface area contributed by atoms with Gasteiger partial charge in [0, 0.05) is 23.3 Å². The first-order valence-electron chi connectivity index (χ1n) is 6.27. The Bertz CT molecular complexity index is 901. The van der Waals surface area contributed by atoms with Crippen molar-refractivity contribution in [3.05, 3.63) is 69.6 Å². The number of rotatable bonds is 2. The molecule has 0 aliphatic rings. The Labute approximate surface area is 128 Å². The standard InChI is InChI=1S/C14H10N4O3S/c19-11(9-4-2-1-3-5-9)16-17-12(20)10-8-15-14-18(13(10)21)6-7-22-14/h1-8H,(H,16,19)(H,17,20). The van der Waals surface area contributed by atoms with Crippen molar-refractivity contribution in [2.24, 2.45) is 0 Å². The predicted octanol–water partition coefficient (Wildman–Crippen LogP) is 0.831. The summed E-state index contributed by atoms with van der Waals surface area (Å²) < 4.78 is 1.28. The van der Waals surface area contributed by atoms with Gasteiger partial charge in [0.1, 0.15) is 5.56 Å². The molecule has 0 radical (unpaired) electrons. The molecule has 0 saturated heterocycles. The lowest BCUT2D eigenvalue weighted by Crippen LogP contribution is -2.43. The Kier molecular flexibility index (Phi) is 3.67. The third-order valence-corrected chi connectivity index (χ3v) is 3.68. The van der Waals surface area contributed by atoms with Crippen LogP contribution in [0.2, 0.25) is 0 Å². The van der Waals surface area contributed by atoms with E-state index in [1.807, 2.05) is 0 Å². The van der Waals surface area contributed by atoms with Crippen LogP contribution in [0, 0.1) is 0 Å². The van der Waals surface area contributed by atoms with Crippen molar-refractivity contribution in [1.82, 2.24) is 20.2 Å². The number of carbonyl (C=O) groups is 2. The molecule has 8 heteroatoms. The molecule has 0 atom stereocenters. The van der Waals surface area contributed by atoms with Gasteiger partial charge in [-0.3, -0.25) is 29.6 Å². The summed E-state index contributed by atoms with van der Waals surface area (Å²) in [6.45, 7) is 0. The summed E-state index contributed by atoms with van der Waals surface area (Å²) in [4.78, 5) is 40.4. The number of carbonyl (C=O) groups excluding carboxylic acids is 2. The van der Waals surface area contributed by atoms with Crippen molar-refractivity contribution in [1.29, 1.82) is 0 Å². The van der Waals surface area contributed by atoms with Crippen LogP contribution in [0.4, 0.5) is 0 Å². The molecule has 0 aliphatic carbocycles. The number of hydrazine groups is 1. The van der Waals surface area contributed by atoms with Crippen molar-refractivity contribution in [2.45, 2.75) is 0 Å². The third-order valence-electron chi connectivity index (χ3n) is 2.91. The van der Waals surface area contributed by atoms with Gasteiger partial charge in [-0.05, 0) is 12.1 Å². The van der Waals surface area contributed by atoms with E-state index in [1.165, 1.54) is 28.1 Å². The van der Waals surface area contributed by atoms with Crippen molar-refractivity contribution < 1.29 is 9.59 Å². The van der Waals surface area contributed by atoms with Crippen molar-refractivity contribution in [3.63, 3.8) is 0 Å². The molecule has 0 bridgehead atoms. The summed E-state index contributed by atoms with van der Waals surface area (Å²) >= 11 is 1.29. The summed E-state index contributed by atoms with van der Waals surface area (Å²) in [5.41, 5.74) is 4.22. The average Bonchev–Trinajstić information content (AvgIpc) is 3.03. The number of hydrogen-bond acceptors (Lipinski definition) is 5. The van der Waals surface area contributed by atoms with E-state index < -0.39 is 17.4 Å². The van der Waals surface area contributed by atoms with E-state index in [9.17, 15) is 14.4 Å². The molecule has 22 heavy (non-hydrogen) atoms. The summed E-state index contributed by atoms with van der Waals surface area (Å²) in [7, 11) is 0. The minimum Gasteiger partial charge on any atom is -0.268 e. The van der Waals surface area contributed by atoms with Crippen LogP contribution in [0.3, 0.4) is 0 Å². The molecule has 0 spiro atoms. The minimum atomic E-state index is -0.720. The SMILES string of the molecule is O=C(NNC(=O)c1cnc2sccn2c1=O)c1ccccc1. The van der Waals surface area contributed by atoms with Gasteiger partial charge < -0.3 is 0 Å². The maximum absolute atomic E-state index is 12.1. The van der Waals surface area contributed by atoms with E-state index in [0.717, 1.165) is 0 Å². The van der Waals surface area contributed by atoms with Gasteiger partial charge in [-0.1, -0.05) is 18.2 Å². The third kappa shape index (κ3) is 2.59. The van der Waals surface area contributed by atoms with E-state index in [-0.39, 0.29) is 5.56 Å². The van der Waals surface area contributed by atoms with E-state index in [1.54, 1.807) is 35.7 Å². The molecule has 2 N–H and O–H groups in total. The molecule has 3 rings (SSSR count). The molecule has 110 valence electrons. The number of fused-ring (bicyclic) bond motifs is 1. The Balaban J connectivity index is 1.75. The molecule has 1 aromatic carbocycles. The summed E-state index contributed by atoms with van der Waals surface area (Å²) in [5, 5.41) is 1.70. The second kappa shape index (κ2) is 5.78. The minimum absolute atomic E-state index is 0.149. The molecular weight excluding hydrogens is 304 g/mol. The molecule has 0 fully saturated rings. The van der Waals surface area contributed by atoms with E-state index >= 15 is 0 Å². The first kappa shape index (κ1) is 14.0. The lowest BCUT2D eigenvalue weighted by atomic mass is 10.2. The lowest BCUT2D eigenvalue weighted by Gasteiger charge is -2.06. The number of nitrogens with one attached hydrogen (secondary N) is 2. The Morgan fingerprint density at radius 3 is 2.59 bits per heavy atom. The summed E-state index contributed by atoms with van der Waals surface area (Å²) in [5.74, 6) is -1.19. The highest BCUT2D eigenvalue weighted by molar-refractivity contribution is 7.15. The van der Waals surface area contributed by atoms with Crippen LogP contribution in [-0.2, 0) is 0 Å². The fraction of sp³-hybridized carbons (Fsp3) is 0. The molecule has 2 heterocycles. The highest BCUT2D eigenvalue weighted by Crippen LogP contribution is 2.05. The Morgan fingerprint density at radius 1 is 1.09 bits per heavy atom.